The first-order valence-corrected chi connectivity index (χ1v) is 24.6. The van der Waals surface area contributed by atoms with Crippen LogP contribution < -0.4 is 10.4 Å². The summed E-state index contributed by atoms with van der Waals surface area (Å²) in [7, 11) is -1.97. The average molecular weight is 769 g/mol. The molecule has 7 aromatic rings. The van der Waals surface area contributed by atoms with Crippen LogP contribution in [0.1, 0.15) is 41.0 Å². The topological polar surface area (TPSA) is 0 Å². The SMILES string of the molecule is C[Si]1(C)c2ccccc2-c2cc3c(C4=CCC5C=CC=CC5C4)c4ccc(C5=C6C=CC=C7c8ccccc8C(C=C5)C76)cc4c(-c4ccc5ccccc5c4)c3cc21. The zero-order chi connectivity index (χ0) is 39.0. The van der Waals surface area contributed by atoms with E-state index in [9.17, 15) is 0 Å². The van der Waals surface area contributed by atoms with Gasteiger partial charge in [-0.1, -0.05) is 177 Å². The number of rotatable bonds is 3. The summed E-state index contributed by atoms with van der Waals surface area (Å²) in [6, 6.07) is 47.2. The highest BCUT2D eigenvalue weighted by Gasteiger charge is 2.41. The molecular weight excluding hydrogens is 725 g/mol. The highest BCUT2D eigenvalue weighted by molar-refractivity contribution is 7.04. The van der Waals surface area contributed by atoms with E-state index in [1.54, 1.807) is 10.4 Å². The van der Waals surface area contributed by atoms with Crippen LogP contribution in [0.2, 0.25) is 13.1 Å². The molecule has 0 saturated carbocycles. The molecule has 0 aromatic heterocycles. The van der Waals surface area contributed by atoms with Gasteiger partial charge in [0.1, 0.15) is 8.07 Å². The average Bonchev–Trinajstić information content (AvgIpc) is 3.73. The van der Waals surface area contributed by atoms with Gasteiger partial charge in [0, 0.05) is 11.8 Å². The molecule has 0 radical (unpaired) electrons. The molecule has 1 aliphatic heterocycles. The van der Waals surface area contributed by atoms with Crippen LogP contribution in [0, 0.1) is 17.8 Å². The molecule has 280 valence electrons. The van der Waals surface area contributed by atoms with Gasteiger partial charge in [-0.3, -0.25) is 0 Å². The molecule has 0 fully saturated rings. The standard InChI is InChI=1S/C58H44Si/c1-59(2)54-21-10-9-18-45(54)50-33-52-53(34-55(50)59)57(41-25-23-36-13-4-6-15-38(36)31-41)51-32-39(26-27-49(51)56(52)40-24-22-35-12-3-5-14-37(35)30-40)42-28-29-48-44-17-8-7-16-43(44)47-20-11-19-46(42)58(47)48/h3-21,23-29,31-35,37,48,58H,22,30H2,1-2H3. The van der Waals surface area contributed by atoms with Crippen molar-refractivity contribution in [2.45, 2.75) is 31.9 Å². The van der Waals surface area contributed by atoms with E-state index in [1.165, 1.54) is 99.1 Å². The molecule has 4 unspecified atom stereocenters. The van der Waals surface area contributed by atoms with Crippen molar-refractivity contribution < 1.29 is 0 Å². The van der Waals surface area contributed by atoms with Crippen LogP contribution in [0.5, 0.6) is 0 Å². The van der Waals surface area contributed by atoms with Crippen molar-refractivity contribution in [3.8, 4) is 22.3 Å². The van der Waals surface area contributed by atoms with E-state index in [2.05, 4.69) is 195 Å². The molecule has 6 aliphatic rings. The summed E-state index contributed by atoms with van der Waals surface area (Å²) in [5, 5.41) is 11.2. The molecule has 0 saturated heterocycles. The predicted octanol–water partition coefficient (Wildman–Crippen LogP) is 13.8. The highest BCUT2D eigenvalue weighted by Crippen LogP contribution is 2.56. The van der Waals surface area contributed by atoms with E-state index in [1.807, 2.05) is 0 Å². The molecule has 0 N–H and O–H groups in total. The van der Waals surface area contributed by atoms with Crippen LogP contribution >= 0.6 is 0 Å². The van der Waals surface area contributed by atoms with Gasteiger partial charge >= 0.3 is 0 Å². The lowest BCUT2D eigenvalue weighted by Gasteiger charge is -2.31. The molecule has 7 aromatic carbocycles. The summed E-state index contributed by atoms with van der Waals surface area (Å²) >= 11 is 0. The summed E-state index contributed by atoms with van der Waals surface area (Å²) < 4.78 is 0. The number of benzene rings is 7. The monoisotopic (exact) mass is 768 g/mol. The summed E-state index contributed by atoms with van der Waals surface area (Å²) in [5.74, 6) is 1.84. The maximum atomic E-state index is 2.66. The Hall–Kier alpha value is -6.28. The third-order valence-corrected chi connectivity index (χ3v) is 18.5. The zero-order valence-electron chi connectivity index (χ0n) is 33.5. The Morgan fingerprint density at radius 2 is 1.31 bits per heavy atom. The second-order valence-electron chi connectivity index (χ2n) is 18.3. The summed E-state index contributed by atoms with van der Waals surface area (Å²) in [6.45, 7) is 5.12. The maximum Gasteiger partial charge on any atom is 0.113 e. The Morgan fingerprint density at radius 3 is 2.22 bits per heavy atom. The quantitative estimate of drug-likeness (QED) is 0.124. The van der Waals surface area contributed by atoms with Crippen LogP contribution in [0.25, 0.3) is 71.3 Å². The Labute approximate surface area is 347 Å². The Kier molecular flexibility index (Phi) is 7.06. The largest absolute Gasteiger partial charge is 0.113 e. The second kappa shape index (κ2) is 12.4. The molecule has 0 amide bonds. The number of allylic oxidation sites excluding steroid dienone is 14. The van der Waals surface area contributed by atoms with Gasteiger partial charge in [0.25, 0.3) is 0 Å². The fourth-order valence-corrected chi connectivity index (χ4v) is 15.2. The van der Waals surface area contributed by atoms with Crippen LogP contribution in [-0.4, -0.2) is 8.07 Å². The van der Waals surface area contributed by atoms with Gasteiger partial charge in [0.15, 0.2) is 0 Å². The number of hydrogen-bond donors (Lipinski definition) is 0. The summed E-state index contributed by atoms with van der Waals surface area (Å²) in [6.07, 6.45) is 26.1. The first-order valence-electron chi connectivity index (χ1n) is 21.6. The molecule has 4 atom stereocenters. The minimum absolute atomic E-state index is 0.356. The van der Waals surface area contributed by atoms with Crippen LogP contribution in [-0.2, 0) is 0 Å². The molecule has 59 heavy (non-hydrogen) atoms. The second-order valence-corrected chi connectivity index (χ2v) is 22.6. The van der Waals surface area contributed by atoms with Crippen molar-refractivity contribution in [2.24, 2.45) is 17.8 Å². The van der Waals surface area contributed by atoms with Gasteiger partial charge in [-0.15, -0.1) is 0 Å². The van der Waals surface area contributed by atoms with Gasteiger partial charge in [-0.2, -0.15) is 0 Å². The van der Waals surface area contributed by atoms with Crippen LogP contribution in [0.15, 0.2) is 188 Å². The van der Waals surface area contributed by atoms with E-state index < -0.39 is 8.07 Å². The molecule has 1 heterocycles. The highest BCUT2D eigenvalue weighted by atomic mass is 28.3. The molecule has 0 bridgehead atoms. The van der Waals surface area contributed by atoms with Crippen molar-refractivity contribution >= 4 is 67.5 Å². The minimum Gasteiger partial charge on any atom is -0.0805 e. The smallest absolute Gasteiger partial charge is 0.0805 e. The van der Waals surface area contributed by atoms with Gasteiger partial charge in [0.05, 0.1) is 0 Å². The Balaban J connectivity index is 1.12. The molecule has 0 nitrogen and oxygen atoms in total. The van der Waals surface area contributed by atoms with Crippen molar-refractivity contribution in [3.63, 3.8) is 0 Å². The predicted molar refractivity (Wildman–Crippen MR) is 255 cm³/mol. The van der Waals surface area contributed by atoms with E-state index in [0.29, 0.717) is 23.7 Å². The van der Waals surface area contributed by atoms with Crippen molar-refractivity contribution in [3.05, 3.63) is 210 Å². The van der Waals surface area contributed by atoms with Crippen molar-refractivity contribution in [1.82, 2.24) is 0 Å². The van der Waals surface area contributed by atoms with E-state index >= 15 is 0 Å². The first-order chi connectivity index (χ1) is 29.0. The molecule has 1 heteroatoms. The van der Waals surface area contributed by atoms with Gasteiger partial charge in [0.2, 0.25) is 0 Å². The van der Waals surface area contributed by atoms with Gasteiger partial charge < -0.3 is 0 Å². The Bertz CT molecular complexity index is 3260. The first kappa shape index (κ1) is 33.7. The number of hydrogen-bond acceptors (Lipinski definition) is 0. The van der Waals surface area contributed by atoms with E-state index in [0.717, 1.165) is 12.8 Å². The van der Waals surface area contributed by atoms with Crippen molar-refractivity contribution in [2.75, 3.05) is 0 Å². The van der Waals surface area contributed by atoms with Crippen molar-refractivity contribution in [1.29, 1.82) is 0 Å². The van der Waals surface area contributed by atoms with E-state index in [-0.39, 0.29) is 0 Å². The minimum atomic E-state index is -1.97. The summed E-state index contributed by atoms with van der Waals surface area (Å²) in [5.41, 5.74) is 16.9. The number of fused-ring (bicyclic) bond motifs is 10. The lowest BCUT2D eigenvalue weighted by atomic mass is 9.73. The molecule has 0 spiro atoms. The fourth-order valence-electron chi connectivity index (χ4n) is 12.1. The molecule has 13 rings (SSSR count). The van der Waals surface area contributed by atoms with Crippen LogP contribution in [0.4, 0.5) is 0 Å². The fraction of sp³-hybridized carbons (Fsp3) is 0.138. The van der Waals surface area contributed by atoms with E-state index in [4.69, 9.17) is 0 Å². The third-order valence-electron chi connectivity index (χ3n) is 15.0. The lowest BCUT2D eigenvalue weighted by Crippen LogP contribution is -2.49. The molecular formula is C58H44Si. The lowest BCUT2D eigenvalue weighted by molar-refractivity contribution is 0.468. The maximum absolute atomic E-state index is 2.66. The zero-order valence-corrected chi connectivity index (χ0v) is 34.5. The summed E-state index contributed by atoms with van der Waals surface area (Å²) in [4.78, 5) is 0. The molecule has 5 aliphatic carbocycles. The normalized spacial score (nSPS) is 22.6. The Morgan fingerprint density at radius 1 is 0.542 bits per heavy atom. The van der Waals surface area contributed by atoms with Gasteiger partial charge in [-0.25, -0.2) is 0 Å². The van der Waals surface area contributed by atoms with Crippen LogP contribution in [0.3, 0.4) is 0 Å². The van der Waals surface area contributed by atoms with Gasteiger partial charge in [-0.05, 0) is 152 Å². The third kappa shape index (κ3) is 4.77.